The van der Waals surface area contributed by atoms with E-state index in [0.717, 1.165) is 0 Å². The van der Waals surface area contributed by atoms with Gasteiger partial charge in [0.05, 0.1) is 18.9 Å². The molecule has 1 aromatic rings. The summed E-state index contributed by atoms with van der Waals surface area (Å²) < 4.78 is 25.3. The topological polar surface area (TPSA) is 75.9 Å². The predicted octanol–water partition coefficient (Wildman–Crippen LogP) is 0.786. The second-order valence-corrected chi connectivity index (χ2v) is 5.93. The van der Waals surface area contributed by atoms with Crippen molar-refractivity contribution in [1.29, 1.82) is 0 Å². The van der Waals surface area contributed by atoms with Gasteiger partial charge in [0.25, 0.3) is 11.8 Å². The van der Waals surface area contributed by atoms with E-state index in [9.17, 15) is 9.59 Å². The van der Waals surface area contributed by atoms with Gasteiger partial charge in [0.1, 0.15) is 0 Å². The van der Waals surface area contributed by atoms with Gasteiger partial charge < -0.3 is 19.0 Å². The van der Waals surface area contributed by atoms with E-state index in [-0.39, 0.29) is 37.6 Å². The molecule has 3 heterocycles. The maximum atomic E-state index is 15.0. The summed E-state index contributed by atoms with van der Waals surface area (Å²) in [6, 6.07) is 0. The molecular weight excluding hydrogens is 305 g/mol. The maximum absolute atomic E-state index is 15.0. The molecule has 23 heavy (non-hydrogen) atoms. The normalized spacial score (nSPS) is 21.3. The van der Waals surface area contributed by atoms with E-state index in [1.165, 1.54) is 16.2 Å². The Morgan fingerprint density at radius 2 is 1.83 bits per heavy atom. The number of aryl methyl sites for hydroxylation is 1. The molecule has 2 saturated heterocycles. The molecule has 1 aromatic heterocycles. The van der Waals surface area contributed by atoms with Gasteiger partial charge in [-0.05, 0) is 6.92 Å². The number of oxazole rings is 1. The van der Waals surface area contributed by atoms with Gasteiger partial charge in [-0.2, -0.15) is 0 Å². The Hall–Kier alpha value is -1.96. The summed E-state index contributed by atoms with van der Waals surface area (Å²) in [7, 11) is 0. The molecule has 0 saturated carbocycles. The molecule has 2 fully saturated rings. The molecule has 0 aromatic carbocycles. The van der Waals surface area contributed by atoms with Crippen molar-refractivity contribution in [3.63, 3.8) is 0 Å². The first-order valence-electron chi connectivity index (χ1n) is 7.77. The molecule has 0 aliphatic carbocycles. The lowest BCUT2D eigenvalue weighted by molar-refractivity contribution is -0.151. The Labute approximate surface area is 133 Å². The highest BCUT2D eigenvalue weighted by Crippen LogP contribution is 2.30. The SMILES string of the molecule is Cc1ncoc1C(=O)N1CCC(F)(C(=O)N2CCOCC2)CC1. The molecule has 0 N–H and O–H groups in total. The number of piperidine rings is 1. The van der Waals surface area contributed by atoms with Crippen LogP contribution in [0.25, 0.3) is 0 Å². The van der Waals surface area contributed by atoms with Gasteiger partial charge >= 0.3 is 0 Å². The Balaban J connectivity index is 1.62. The summed E-state index contributed by atoms with van der Waals surface area (Å²) in [5.41, 5.74) is -1.39. The molecule has 2 amide bonds. The number of alkyl halides is 1. The zero-order valence-electron chi connectivity index (χ0n) is 13.1. The Morgan fingerprint density at radius 3 is 2.39 bits per heavy atom. The summed E-state index contributed by atoms with van der Waals surface area (Å²) in [5, 5.41) is 0. The van der Waals surface area contributed by atoms with Crippen LogP contribution in [0.15, 0.2) is 10.8 Å². The molecule has 0 radical (unpaired) electrons. The van der Waals surface area contributed by atoms with Crippen LogP contribution in [0, 0.1) is 6.92 Å². The van der Waals surface area contributed by atoms with Gasteiger partial charge in [-0.3, -0.25) is 9.59 Å². The van der Waals surface area contributed by atoms with Crippen LogP contribution in [0.1, 0.15) is 29.1 Å². The van der Waals surface area contributed by atoms with E-state index in [2.05, 4.69) is 4.98 Å². The average molecular weight is 325 g/mol. The molecule has 0 bridgehead atoms. The van der Waals surface area contributed by atoms with E-state index in [4.69, 9.17) is 9.15 Å². The zero-order valence-corrected chi connectivity index (χ0v) is 13.1. The number of rotatable bonds is 2. The van der Waals surface area contributed by atoms with Crippen LogP contribution in [0.5, 0.6) is 0 Å². The molecule has 0 spiro atoms. The summed E-state index contributed by atoms with van der Waals surface area (Å²) in [6.45, 7) is 3.78. The Morgan fingerprint density at radius 1 is 1.17 bits per heavy atom. The third-order valence-electron chi connectivity index (χ3n) is 4.46. The number of morpholine rings is 1. The standard InChI is InChI=1S/C15H20FN3O4/c1-11-12(23-10-17-11)13(20)18-4-2-15(16,3-5-18)14(21)19-6-8-22-9-7-19/h10H,2-9H2,1H3. The van der Waals surface area contributed by atoms with Crippen molar-refractivity contribution < 1.29 is 23.1 Å². The van der Waals surface area contributed by atoms with Crippen molar-refractivity contribution in [1.82, 2.24) is 14.8 Å². The number of carbonyl (C=O) groups is 2. The highest BCUT2D eigenvalue weighted by Gasteiger charge is 2.45. The number of amides is 2. The van der Waals surface area contributed by atoms with Gasteiger partial charge in [-0.1, -0.05) is 0 Å². The number of ether oxygens (including phenoxy) is 1. The van der Waals surface area contributed by atoms with Crippen LogP contribution < -0.4 is 0 Å². The third-order valence-corrected chi connectivity index (χ3v) is 4.46. The lowest BCUT2D eigenvalue weighted by atomic mass is 9.91. The number of carbonyl (C=O) groups excluding carboxylic acids is 2. The lowest BCUT2D eigenvalue weighted by Crippen LogP contribution is -2.55. The van der Waals surface area contributed by atoms with Crippen molar-refractivity contribution in [2.45, 2.75) is 25.4 Å². The third kappa shape index (κ3) is 3.08. The van der Waals surface area contributed by atoms with Crippen LogP contribution in [0.4, 0.5) is 4.39 Å². The van der Waals surface area contributed by atoms with Crippen LogP contribution in [-0.4, -0.2) is 71.7 Å². The highest BCUT2D eigenvalue weighted by atomic mass is 19.1. The first kappa shape index (κ1) is 15.9. The van der Waals surface area contributed by atoms with Crippen LogP contribution in [0.2, 0.25) is 0 Å². The van der Waals surface area contributed by atoms with Crippen molar-refractivity contribution in [3.8, 4) is 0 Å². The Kier molecular flexibility index (Phi) is 4.34. The van der Waals surface area contributed by atoms with E-state index in [1.54, 1.807) is 6.92 Å². The molecule has 3 rings (SSSR count). The van der Waals surface area contributed by atoms with Gasteiger partial charge in [-0.15, -0.1) is 0 Å². The molecule has 7 nitrogen and oxygen atoms in total. The highest BCUT2D eigenvalue weighted by molar-refractivity contribution is 5.93. The molecule has 2 aliphatic rings. The number of hydrogen-bond donors (Lipinski definition) is 0. The van der Waals surface area contributed by atoms with Crippen molar-refractivity contribution in [3.05, 3.63) is 17.8 Å². The van der Waals surface area contributed by atoms with Gasteiger partial charge in [0.2, 0.25) is 5.76 Å². The minimum atomic E-state index is -1.90. The van der Waals surface area contributed by atoms with Crippen LogP contribution in [0.3, 0.4) is 0 Å². The van der Waals surface area contributed by atoms with Crippen molar-refractivity contribution in [2.75, 3.05) is 39.4 Å². The number of likely N-dealkylation sites (tertiary alicyclic amines) is 1. The number of nitrogens with zero attached hydrogens (tertiary/aromatic N) is 3. The first-order chi connectivity index (χ1) is 11.0. The van der Waals surface area contributed by atoms with E-state index < -0.39 is 11.6 Å². The minimum Gasteiger partial charge on any atom is -0.438 e. The van der Waals surface area contributed by atoms with Crippen molar-refractivity contribution in [2.24, 2.45) is 0 Å². The molecule has 0 atom stereocenters. The summed E-state index contributed by atoms with van der Waals surface area (Å²) in [6.07, 6.45) is 1.22. The monoisotopic (exact) mass is 325 g/mol. The van der Waals surface area contributed by atoms with Crippen LogP contribution in [-0.2, 0) is 9.53 Å². The van der Waals surface area contributed by atoms with Gasteiger partial charge in [0.15, 0.2) is 12.1 Å². The molecule has 8 heteroatoms. The Bertz CT molecular complexity index is 589. The number of halogens is 1. The second kappa shape index (κ2) is 6.27. The first-order valence-corrected chi connectivity index (χ1v) is 7.77. The summed E-state index contributed by atoms with van der Waals surface area (Å²) in [5.74, 6) is -0.611. The quantitative estimate of drug-likeness (QED) is 0.803. The fourth-order valence-corrected chi connectivity index (χ4v) is 2.98. The fourth-order valence-electron chi connectivity index (χ4n) is 2.98. The van der Waals surface area contributed by atoms with E-state index in [1.807, 2.05) is 0 Å². The molecule has 0 unspecified atom stereocenters. The zero-order chi connectivity index (χ0) is 16.4. The van der Waals surface area contributed by atoms with E-state index >= 15 is 4.39 Å². The van der Waals surface area contributed by atoms with Crippen molar-refractivity contribution >= 4 is 11.8 Å². The largest absolute Gasteiger partial charge is 0.438 e. The molecule has 2 aliphatic heterocycles. The molecule has 126 valence electrons. The summed E-state index contributed by atoms with van der Waals surface area (Å²) >= 11 is 0. The van der Waals surface area contributed by atoms with E-state index in [0.29, 0.717) is 32.0 Å². The molecular formula is C15H20FN3O4. The lowest BCUT2D eigenvalue weighted by Gasteiger charge is -2.38. The van der Waals surface area contributed by atoms with Gasteiger partial charge in [-0.25, -0.2) is 9.37 Å². The maximum Gasteiger partial charge on any atom is 0.291 e. The smallest absolute Gasteiger partial charge is 0.291 e. The van der Waals surface area contributed by atoms with Gasteiger partial charge in [0, 0.05) is 39.0 Å². The van der Waals surface area contributed by atoms with Crippen LogP contribution >= 0.6 is 0 Å². The number of aromatic nitrogens is 1. The number of hydrogen-bond acceptors (Lipinski definition) is 5. The second-order valence-electron chi connectivity index (χ2n) is 5.93. The fraction of sp³-hybridized carbons (Fsp3) is 0.667. The summed E-state index contributed by atoms with van der Waals surface area (Å²) in [4.78, 5) is 31.6. The average Bonchev–Trinajstić information content (AvgIpc) is 3.01. The minimum absolute atomic E-state index is 0.00210. The predicted molar refractivity (Wildman–Crippen MR) is 77.6 cm³/mol.